The van der Waals surface area contributed by atoms with Gasteiger partial charge in [0.25, 0.3) is 5.91 Å². The number of anilines is 1. The highest BCUT2D eigenvalue weighted by Gasteiger charge is 2.10. The third-order valence-corrected chi connectivity index (χ3v) is 4.48. The Hall–Kier alpha value is -2.05. The predicted octanol–water partition coefficient (Wildman–Crippen LogP) is 4.45. The summed E-state index contributed by atoms with van der Waals surface area (Å²) in [4.78, 5) is 24.4. The van der Waals surface area contributed by atoms with Crippen molar-refractivity contribution < 1.29 is 18.7 Å². The quantitative estimate of drug-likeness (QED) is 0.568. The molecule has 1 N–H and O–H groups in total. The van der Waals surface area contributed by atoms with Gasteiger partial charge < -0.3 is 10.1 Å². The second kappa shape index (κ2) is 9.44. The lowest BCUT2D eigenvalue weighted by atomic mass is 10.2. The summed E-state index contributed by atoms with van der Waals surface area (Å²) in [6.07, 6.45) is 0.158. The molecule has 0 saturated heterocycles. The van der Waals surface area contributed by atoms with E-state index in [0.29, 0.717) is 16.5 Å². The Balaban J connectivity index is 1.69. The molecule has 2 aromatic rings. The van der Waals surface area contributed by atoms with E-state index in [-0.39, 0.29) is 18.8 Å². The molecule has 0 heterocycles. The van der Waals surface area contributed by atoms with Gasteiger partial charge in [0.2, 0.25) is 0 Å². The first-order chi connectivity index (χ1) is 11.9. The smallest absolute Gasteiger partial charge is 0.307 e. The van der Waals surface area contributed by atoms with Crippen molar-refractivity contribution in [1.29, 1.82) is 0 Å². The molecule has 0 aliphatic rings. The largest absolute Gasteiger partial charge is 0.456 e. The third kappa shape index (κ3) is 6.76. The van der Waals surface area contributed by atoms with E-state index >= 15 is 0 Å². The molecule has 25 heavy (non-hydrogen) atoms. The van der Waals surface area contributed by atoms with E-state index in [2.05, 4.69) is 5.32 Å². The molecule has 2 rings (SSSR count). The normalized spacial score (nSPS) is 10.4. The molecule has 2 aromatic carbocycles. The molecule has 0 atom stereocenters. The van der Waals surface area contributed by atoms with Gasteiger partial charge in [-0.1, -0.05) is 17.7 Å². The van der Waals surface area contributed by atoms with E-state index < -0.39 is 11.9 Å². The number of amides is 1. The van der Waals surface area contributed by atoms with E-state index in [1.54, 1.807) is 30.3 Å². The number of nitrogens with one attached hydrogen (secondary N) is 1. The summed E-state index contributed by atoms with van der Waals surface area (Å²) in [5, 5.41) is 3.16. The molecule has 0 aromatic heterocycles. The molecular formula is C18H17ClFNO3S. The lowest BCUT2D eigenvalue weighted by Crippen LogP contribution is -2.21. The van der Waals surface area contributed by atoms with E-state index in [1.807, 2.05) is 6.92 Å². The zero-order valence-corrected chi connectivity index (χ0v) is 15.1. The number of halogens is 2. The maximum Gasteiger partial charge on any atom is 0.307 e. The molecule has 7 heteroatoms. The summed E-state index contributed by atoms with van der Waals surface area (Å²) in [5.41, 5.74) is 1.44. The molecular weight excluding hydrogens is 365 g/mol. The first kappa shape index (κ1) is 19.3. The Bertz CT molecular complexity index is 752. The average molecular weight is 382 g/mol. The second-order valence-corrected chi connectivity index (χ2v) is 6.83. The molecule has 0 fully saturated rings. The van der Waals surface area contributed by atoms with Crippen LogP contribution in [0.5, 0.6) is 0 Å². The molecule has 0 radical (unpaired) electrons. The Morgan fingerprint density at radius 3 is 2.64 bits per heavy atom. The van der Waals surface area contributed by atoms with Crippen molar-refractivity contribution in [1.82, 2.24) is 0 Å². The summed E-state index contributed by atoms with van der Waals surface area (Å²) >= 11 is 7.30. The van der Waals surface area contributed by atoms with Crippen LogP contribution >= 0.6 is 23.4 Å². The van der Waals surface area contributed by atoms with Crippen LogP contribution in [-0.4, -0.2) is 24.2 Å². The van der Waals surface area contributed by atoms with Crippen molar-refractivity contribution in [2.75, 3.05) is 17.7 Å². The zero-order valence-electron chi connectivity index (χ0n) is 13.6. The van der Waals surface area contributed by atoms with Crippen molar-refractivity contribution >= 4 is 40.9 Å². The fraction of sp³-hybridized carbons (Fsp3) is 0.222. The van der Waals surface area contributed by atoms with Gasteiger partial charge in [-0.3, -0.25) is 9.59 Å². The molecule has 132 valence electrons. The van der Waals surface area contributed by atoms with Crippen LogP contribution in [0.25, 0.3) is 0 Å². The maximum atomic E-state index is 12.8. The number of esters is 1. The minimum atomic E-state index is -0.465. The Kier molecular flexibility index (Phi) is 7.28. The maximum absolute atomic E-state index is 12.8. The summed E-state index contributed by atoms with van der Waals surface area (Å²) in [7, 11) is 0. The molecule has 1 amide bonds. The number of ether oxygens (including phenoxy) is 1. The van der Waals surface area contributed by atoms with Crippen molar-refractivity contribution in [3.8, 4) is 0 Å². The highest BCUT2D eigenvalue weighted by atomic mass is 35.5. The monoisotopic (exact) mass is 381 g/mol. The third-order valence-electron chi connectivity index (χ3n) is 3.23. The van der Waals surface area contributed by atoms with Gasteiger partial charge in [0.1, 0.15) is 5.82 Å². The Labute approximate surface area is 154 Å². The number of hydrogen-bond donors (Lipinski definition) is 1. The van der Waals surface area contributed by atoms with Crippen LogP contribution < -0.4 is 5.32 Å². The summed E-state index contributed by atoms with van der Waals surface area (Å²) < 4.78 is 17.7. The topological polar surface area (TPSA) is 55.4 Å². The van der Waals surface area contributed by atoms with E-state index in [4.69, 9.17) is 16.3 Å². The van der Waals surface area contributed by atoms with Gasteiger partial charge in [-0.15, -0.1) is 11.8 Å². The highest BCUT2D eigenvalue weighted by Crippen LogP contribution is 2.20. The van der Waals surface area contributed by atoms with Crippen molar-refractivity contribution in [2.24, 2.45) is 0 Å². The Morgan fingerprint density at radius 1 is 1.20 bits per heavy atom. The summed E-state index contributed by atoms with van der Waals surface area (Å²) in [6, 6.07) is 11.2. The number of thioether (sulfide) groups is 1. The number of hydrogen-bond acceptors (Lipinski definition) is 4. The molecule has 0 aliphatic heterocycles. The minimum absolute atomic E-state index is 0.158. The summed E-state index contributed by atoms with van der Waals surface area (Å²) in [6.45, 7) is 1.48. The molecule has 4 nitrogen and oxygen atoms in total. The fourth-order valence-electron chi connectivity index (χ4n) is 1.92. The fourth-order valence-corrected chi connectivity index (χ4v) is 2.92. The van der Waals surface area contributed by atoms with Crippen molar-refractivity contribution in [3.05, 3.63) is 58.9 Å². The van der Waals surface area contributed by atoms with E-state index in [0.717, 1.165) is 10.5 Å². The average Bonchev–Trinajstić information content (AvgIpc) is 2.58. The first-order valence-electron chi connectivity index (χ1n) is 7.54. The molecule has 0 spiro atoms. The van der Waals surface area contributed by atoms with Gasteiger partial charge >= 0.3 is 5.97 Å². The second-order valence-electron chi connectivity index (χ2n) is 5.22. The number of carbonyl (C=O) groups is 2. The van der Waals surface area contributed by atoms with Gasteiger partial charge in [0.15, 0.2) is 6.61 Å². The molecule has 0 bridgehead atoms. The van der Waals surface area contributed by atoms with Gasteiger partial charge in [-0.25, -0.2) is 4.39 Å². The molecule has 0 aliphatic carbocycles. The van der Waals surface area contributed by atoms with Gasteiger partial charge in [-0.2, -0.15) is 0 Å². The van der Waals surface area contributed by atoms with Crippen LogP contribution in [0.3, 0.4) is 0 Å². The number of benzene rings is 2. The minimum Gasteiger partial charge on any atom is -0.456 e. The lowest BCUT2D eigenvalue weighted by molar-refractivity contribution is -0.146. The number of carbonyl (C=O) groups excluding carboxylic acids is 2. The van der Waals surface area contributed by atoms with Gasteiger partial charge in [0.05, 0.1) is 6.42 Å². The van der Waals surface area contributed by atoms with Crippen LogP contribution in [0.2, 0.25) is 5.02 Å². The molecule has 0 saturated carbocycles. The van der Waals surface area contributed by atoms with E-state index in [1.165, 1.54) is 23.9 Å². The molecule has 0 unspecified atom stereocenters. The zero-order chi connectivity index (χ0) is 18.2. The number of rotatable bonds is 7. The van der Waals surface area contributed by atoms with Crippen LogP contribution in [0.1, 0.15) is 12.0 Å². The highest BCUT2D eigenvalue weighted by molar-refractivity contribution is 7.99. The SMILES string of the molecule is Cc1ccc(Cl)cc1NC(=O)COC(=O)CCSc1ccc(F)cc1. The van der Waals surface area contributed by atoms with E-state index in [9.17, 15) is 14.0 Å². The summed E-state index contributed by atoms with van der Waals surface area (Å²) in [5.74, 6) is -0.707. The van der Waals surface area contributed by atoms with Crippen LogP contribution in [0.15, 0.2) is 47.4 Å². The lowest BCUT2D eigenvalue weighted by Gasteiger charge is -2.09. The van der Waals surface area contributed by atoms with Crippen LogP contribution in [0.4, 0.5) is 10.1 Å². The Morgan fingerprint density at radius 2 is 1.92 bits per heavy atom. The van der Waals surface area contributed by atoms with Crippen LogP contribution in [0, 0.1) is 12.7 Å². The van der Waals surface area contributed by atoms with Crippen molar-refractivity contribution in [2.45, 2.75) is 18.2 Å². The predicted molar refractivity (Wildman–Crippen MR) is 97.5 cm³/mol. The van der Waals surface area contributed by atoms with Crippen LogP contribution in [-0.2, 0) is 14.3 Å². The standard InChI is InChI=1S/C18H17ClFNO3S/c1-12-2-3-13(19)10-16(12)21-17(22)11-24-18(23)8-9-25-15-6-4-14(20)5-7-15/h2-7,10H,8-9,11H2,1H3,(H,21,22). The first-order valence-corrected chi connectivity index (χ1v) is 8.90. The number of aryl methyl sites for hydroxylation is 1. The van der Waals surface area contributed by atoms with Crippen molar-refractivity contribution in [3.63, 3.8) is 0 Å². The van der Waals surface area contributed by atoms with Gasteiger partial charge in [0, 0.05) is 21.4 Å². The van der Waals surface area contributed by atoms with Gasteiger partial charge in [-0.05, 0) is 48.9 Å².